The highest BCUT2D eigenvalue weighted by atomic mass is 19.1. The van der Waals surface area contributed by atoms with Crippen LogP contribution in [-0.2, 0) is 9.31 Å². The molecule has 1 aliphatic heterocycles. The van der Waals surface area contributed by atoms with E-state index in [0.717, 1.165) is 6.20 Å². The van der Waals surface area contributed by atoms with E-state index in [1.54, 1.807) is 12.1 Å². The highest BCUT2D eigenvalue weighted by Crippen LogP contribution is 2.37. The Bertz CT molecular complexity index is 515. The Balaban J connectivity index is 2.18. The summed E-state index contributed by atoms with van der Waals surface area (Å²) in [5.41, 5.74) is -0.249. The molecule has 0 aliphatic carbocycles. The van der Waals surface area contributed by atoms with Crippen molar-refractivity contribution in [1.82, 2.24) is 4.98 Å². The quantitative estimate of drug-likeness (QED) is 0.798. The fourth-order valence-electron chi connectivity index (χ4n) is 1.92. The molecule has 1 aliphatic rings. The van der Waals surface area contributed by atoms with Crippen LogP contribution < -0.4 is 4.74 Å². The predicted octanol–water partition coefficient (Wildman–Crippen LogP) is 2.87. The smallest absolute Gasteiger partial charge is 0.487 e. The molecule has 0 N–H and O–H groups in total. The van der Waals surface area contributed by atoms with Crippen LogP contribution in [0.3, 0.4) is 0 Å². The van der Waals surface area contributed by atoms with E-state index >= 15 is 0 Å². The van der Waals surface area contributed by atoms with Gasteiger partial charge in [-0.2, -0.15) is 0 Å². The maximum absolute atomic E-state index is 13.5. The number of methoxy groups -OCH3 is 1. The number of ether oxygens (including phenoxy) is 1. The minimum atomic E-state index is -0.497. The molecule has 0 saturated carbocycles. The molecule has 0 aromatic carbocycles. The fraction of sp³-hybridized carbons (Fsp3) is 0.500. The Kier molecular flexibility index (Phi) is 3.89. The van der Waals surface area contributed by atoms with Crippen molar-refractivity contribution in [2.45, 2.75) is 38.9 Å². The van der Waals surface area contributed by atoms with Crippen molar-refractivity contribution in [3.8, 4) is 5.75 Å². The lowest BCUT2D eigenvalue weighted by atomic mass is 9.89. The first-order valence-corrected chi connectivity index (χ1v) is 6.48. The average Bonchev–Trinajstić information content (AvgIpc) is 2.55. The minimum absolute atomic E-state index is 0.160. The van der Waals surface area contributed by atoms with Crippen LogP contribution in [0.5, 0.6) is 5.75 Å². The topological polar surface area (TPSA) is 40.6 Å². The van der Waals surface area contributed by atoms with E-state index in [4.69, 9.17) is 14.0 Å². The number of rotatable bonds is 3. The first kappa shape index (κ1) is 15.0. The summed E-state index contributed by atoms with van der Waals surface area (Å²) in [6.45, 7) is 7.91. The third-order valence-corrected chi connectivity index (χ3v) is 3.79. The summed E-state index contributed by atoms with van der Waals surface area (Å²) < 4.78 is 30.2. The molecule has 2 heterocycles. The third kappa shape index (κ3) is 2.71. The number of aromatic nitrogens is 1. The molecule has 1 saturated heterocycles. The van der Waals surface area contributed by atoms with Crippen molar-refractivity contribution < 1.29 is 18.4 Å². The standard InChI is InChI=1S/C14H19BFNO3/c1-13(2)14(3,4)20-15(19-13)7-6-10-8-17-9-11(16)12(10)18-5/h6-9H,1-5H3/b7-6+. The van der Waals surface area contributed by atoms with E-state index in [1.807, 2.05) is 27.7 Å². The number of hydrogen-bond acceptors (Lipinski definition) is 4. The van der Waals surface area contributed by atoms with E-state index in [2.05, 4.69) is 4.98 Å². The van der Waals surface area contributed by atoms with Gasteiger partial charge in [-0.15, -0.1) is 0 Å². The Hall–Kier alpha value is -1.40. The molecule has 0 radical (unpaired) electrons. The fourth-order valence-corrected chi connectivity index (χ4v) is 1.92. The average molecular weight is 279 g/mol. The second-order valence-corrected chi connectivity index (χ2v) is 5.73. The predicted molar refractivity (Wildman–Crippen MR) is 75.9 cm³/mol. The summed E-state index contributed by atoms with van der Waals surface area (Å²) in [5, 5.41) is 0. The Morgan fingerprint density at radius 2 is 1.80 bits per heavy atom. The van der Waals surface area contributed by atoms with Crippen LogP contribution in [0.25, 0.3) is 6.08 Å². The van der Waals surface area contributed by atoms with E-state index < -0.39 is 24.1 Å². The molecule has 20 heavy (non-hydrogen) atoms. The van der Waals surface area contributed by atoms with Gasteiger partial charge in [0.05, 0.1) is 24.5 Å². The molecule has 1 fully saturated rings. The molecule has 1 aromatic heterocycles. The summed E-state index contributed by atoms with van der Waals surface area (Å²) in [5.74, 6) is 1.39. The first-order valence-electron chi connectivity index (χ1n) is 6.48. The van der Waals surface area contributed by atoms with E-state index in [1.165, 1.54) is 13.3 Å². The van der Waals surface area contributed by atoms with Gasteiger partial charge in [0, 0.05) is 11.8 Å². The van der Waals surface area contributed by atoms with E-state index in [-0.39, 0.29) is 5.75 Å². The number of halogens is 1. The van der Waals surface area contributed by atoms with Gasteiger partial charge in [0.25, 0.3) is 0 Å². The van der Waals surface area contributed by atoms with Crippen molar-refractivity contribution in [3.63, 3.8) is 0 Å². The summed E-state index contributed by atoms with van der Waals surface area (Å²) in [7, 11) is 0.942. The zero-order valence-corrected chi connectivity index (χ0v) is 12.4. The first-order chi connectivity index (χ1) is 9.27. The van der Waals surface area contributed by atoms with Crippen LogP contribution >= 0.6 is 0 Å². The van der Waals surface area contributed by atoms with Gasteiger partial charge >= 0.3 is 7.12 Å². The van der Waals surface area contributed by atoms with Gasteiger partial charge in [0.1, 0.15) is 0 Å². The van der Waals surface area contributed by atoms with Crippen LogP contribution in [0, 0.1) is 5.82 Å². The third-order valence-electron chi connectivity index (χ3n) is 3.79. The van der Waals surface area contributed by atoms with Crippen LogP contribution in [0.15, 0.2) is 18.4 Å². The van der Waals surface area contributed by atoms with Crippen molar-refractivity contribution in [3.05, 3.63) is 29.7 Å². The monoisotopic (exact) mass is 279 g/mol. The van der Waals surface area contributed by atoms with Gasteiger partial charge in [-0.05, 0) is 27.7 Å². The van der Waals surface area contributed by atoms with Crippen molar-refractivity contribution in [2.24, 2.45) is 0 Å². The summed E-state index contributed by atoms with van der Waals surface area (Å²) in [6, 6.07) is 0. The molecule has 0 atom stereocenters. The maximum atomic E-state index is 13.5. The Morgan fingerprint density at radius 3 is 2.35 bits per heavy atom. The van der Waals surface area contributed by atoms with Gasteiger partial charge in [-0.1, -0.05) is 12.1 Å². The molecular weight excluding hydrogens is 260 g/mol. The molecular formula is C14H19BFNO3. The van der Waals surface area contributed by atoms with Crippen LogP contribution in [-0.4, -0.2) is 30.4 Å². The molecule has 4 nitrogen and oxygen atoms in total. The molecule has 6 heteroatoms. The summed E-state index contributed by atoms with van der Waals surface area (Å²) in [6.07, 6.45) is 4.34. The molecule has 1 aromatic rings. The largest absolute Gasteiger partial charge is 0.493 e. The van der Waals surface area contributed by atoms with Gasteiger partial charge in [-0.3, -0.25) is 4.98 Å². The van der Waals surface area contributed by atoms with E-state index in [0.29, 0.717) is 5.56 Å². The minimum Gasteiger partial charge on any atom is -0.493 e. The lowest BCUT2D eigenvalue weighted by molar-refractivity contribution is 0.00578. The molecule has 2 rings (SSSR count). The lowest BCUT2D eigenvalue weighted by Crippen LogP contribution is -2.41. The Morgan fingerprint density at radius 1 is 1.20 bits per heavy atom. The molecule has 0 spiro atoms. The zero-order valence-electron chi connectivity index (χ0n) is 12.4. The molecule has 0 unspecified atom stereocenters. The zero-order chi connectivity index (χ0) is 15.0. The summed E-state index contributed by atoms with van der Waals surface area (Å²) >= 11 is 0. The van der Waals surface area contributed by atoms with Crippen molar-refractivity contribution in [1.29, 1.82) is 0 Å². The van der Waals surface area contributed by atoms with Gasteiger partial charge in [-0.25, -0.2) is 4.39 Å². The second-order valence-electron chi connectivity index (χ2n) is 5.73. The van der Waals surface area contributed by atoms with Crippen LogP contribution in [0.1, 0.15) is 33.3 Å². The Labute approximate surface area is 119 Å². The van der Waals surface area contributed by atoms with E-state index in [9.17, 15) is 4.39 Å². The normalized spacial score (nSPS) is 20.6. The van der Waals surface area contributed by atoms with Crippen LogP contribution in [0.2, 0.25) is 0 Å². The highest BCUT2D eigenvalue weighted by Gasteiger charge is 2.50. The lowest BCUT2D eigenvalue weighted by Gasteiger charge is -2.32. The second kappa shape index (κ2) is 5.18. The summed E-state index contributed by atoms with van der Waals surface area (Å²) in [4.78, 5) is 3.81. The van der Waals surface area contributed by atoms with Gasteiger partial charge in [0.15, 0.2) is 11.6 Å². The number of hydrogen-bond donors (Lipinski definition) is 0. The number of pyridine rings is 1. The molecule has 0 bridgehead atoms. The van der Waals surface area contributed by atoms with Crippen LogP contribution in [0.4, 0.5) is 4.39 Å². The van der Waals surface area contributed by atoms with Crippen molar-refractivity contribution >= 4 is 13.2 Å². The van der Waals surface area contributed by atoms with Crippen molar-refractivity contribution in [2.75, 3.05) is 7.11 Å². The molecule has 0 amide bonds. The number of nitrogens with zero attached hydrogens (tertiary/aromatic N) is 1. The van der Waals surface area contributed by atoms with Gasteiger partial charge in [0.2, 0.25) is 0 Å². The maximum Gasteiger partial charge on any atom is 0.487 e. The van der Waals surface area contributed by atoms with Gasteiger partial charge < -0.3 is 14.0 Å². The highest BCUT2D eigenvalue weighted by molar-refractivity contribution is 6.52. The SMILES string of the molecule is COc1c(F)cncc1/C=C/B1OC(C)(C)C(C)(C)O1. The molecule has 108 valence electrons.